The minimum Gasteiger partial charge on any atom is -0.497 e. The number of methoxy groups -OCH3 is 1. The molecule has 38 heavy (non-hydrogen) atoms. The summed E-state index contributed by atoms with van der Waals surface area (Å²) in [4.78, 5) is 36.6. The van der Waals surface area contributed by atoms with Crippen molar-refractivity contribution in [2.45, 2.75) is 90.1 Å². The number of carbonyl (C=O) groups is 3. The normalized spacial score (nSPS) is 24.4. The number of hydrogen-bond donors (Lipinski definition) is 5. The number of benzene rings is 1. The Morgan fingerprint density at radius 2 is 1.68 bits per heavy atom. The van der Waals surface area contributed by atoms with Crippen LogP contribution in [0.3, 0.4) is 0 Å². The van der Waals surface area contributed by atoms with Crippen molar-refractivity contribution in [3.63, 3.8) is 0 Å². The van der Waals surface area contributed by atoms with Gasteiger partial charge in [-0.05, 0) is 30.5 Å². The first kappa shape index (κ1) is 31.6. The predicted octanol–water partition coefficient (Wildman–Crippen LogP) is 0.468. The second-order valence-corrected chi connectivity index (χ2v) is 10.6. The lowest BCUT2D eigenvalue weighted by atomic mass is 9.88. The largest absolute Gasteiger partial charge is 0.497 e. The van der Waals surface area contributed by atoms with Gasteiger partial charge in [0.15, 0.2) is 6.29 Å². The molecule has 1 saturated heterocycles. The van der Waals surface area contributed by atoms with Gasteiger partial charge in [0, 0.05) is 38.3 Å². The minimum atomic E-state index is -1.55. The molecule has 11 nitrogen and oxygen atoms in total. The van der Waals surface area contributed by atoms with Crippen LogP contribution in [-0.4, -0.2) is 89.9 Å². The molecule has 6 atom stereocenters. The van der Waals surface area contributed by atoms with E-state index in [0.29, 0.717) is 25.0 Å². The third kappa shape index (κ3) is 9.63. The van der Waals surface area contributed by atoms with Crippen molar-refractivity contribution in [1.82, 2.24) is 10.6 Å². The average molecular weight is 539 g/mol. The van der Waals surface area contributed by atoms with E-state index in [0.717, 1.165) is 5.56 Å². The van der Waals surface area contributed by atoms with E-state index in [1.165, 1.54) is 6.92 Å². The fourth-order valence-corrected chi connectivity index (χ4v) is 3.96. The molecule has 0 radical (unpaired) electrons. The smallest absolute Gasteiger partial charge is 0.243 e. The first-order chi connectivity index (χ1) is 17.8. The summed E-state index contributed by atoms with van der Waals surface area (Å²) in [5, 5.41) is 36.2. The third-order valence-corrected chi connectivity index (χ3v) is 6.36. The van der Waals surface area contributed by atoms with E-state index < -0.39 is 48.1 Å². The van der Waals surface area contributed by atoms with E-state index in [4.69, 9.17) is 14.2 Å². The Hall–Kier alpha value is -2.57. The van der Waals surface area contributed by atoms with Crippen molar-refractivity contribution >= 4 is 17.6 Å². The van der Waals surface area contributed by atoms with Crippen LogP contribution in [0.25, 0.3) is 0 Å². The number of ether oxygens (including phenoxy) is 3. The highest BCUT2D eigenvalue weighted by Crippen LogP contribution is 2.23. The van der Waals surface area contributed by atoms with E-state index >= 15 is 0 Å². The maximum absolute atomic E-state index is 12.9. The number of carbonyl (C=O) groups excluding carboxylic acids is 3. The average Bonchev–Trinajstić information content (AvgIpc) is 2.86. The number of aliphatic hydroxyl groups excluding tert-OH is 3. The summed E-state index contributed by atoms with van der Waals surface area (Å²) in [6.45, 7) is 6.88. The standard InChI is InChI=1S/C27H42N2O9/c1-16(30)29-19(14-17-9-11-18(36-5)12-10-17)25(35)28-15-20-22(32)23(33)24(34)26(38-20)37-13-7-6-8-21(31)27(2,3)4/h9-12,19-20,22-24,26,32-34H,6-8,13-15H2,1-5H3,(H,28,35)(H,29,30)/t19?,20?,22-,23-,24?,26?/m0/s1. The summed E-state index contributed by atoms with van der Waals surface area (Å²) in [6, 6.07) is 6.18. The summed E-state index contributed by atoms with van der Waals surface area (Å²) in [5.41, 5.74) is 0.388. The molecular weight excluding hydrogens is 496 g/mol. The van der Waals surface area contributed by atoms with Crippen molar-refractivity contribution in [2.75, 3.05) is 20.3 Å². The van der Waals surface area contributed by atoms with Crippen molar-refractivity contribution in [3.05, 3.63) is 29.8 Å². The summed E-state index contributed by atoms with van der Waals surface area (Å²) < 4.78 is 16.4. The maximum atomic E-state index is 12.9. The number of amides is 2. The molecule has 0 saturated carbocycles. The van der Waals surface area contributed by atoms with Crippen LogP contribution in [0.5, 0.6) is 5.75 Å². The molecule has 1 aromatic carbocycles. The fraction of sp³-hybridized carbons (Fsp3) is 0.667. The molecule has 0 bridgehead atoms. The van der Waals surface area contributed by atoms with E-state index in [-0.39, 0.29) is 31.3 Å². The van der Waals surface area contributed by atoms with Crippen LogP contribution in [0, 0.1) is 5.41 Å². The number of ketones is 1. The van der Waals surface area contributed by atoms with Crippen LogP contribution in [0.1, 0.15) is 52.5 Å². The zero-order chi connectivity index (χ0) is 28.5. The Bertz CT molecular complexity index is 916. The first-order valence-corrected chi connectivity index (χ1v) is 12.9. The SMILES string of the molecule is COc1ccc(CC(NC(C)=O)C(=O)NCC2OC(OCCCCC(=O)C(C)(C)C)C(O)[C@@H](O)[C@H]2O)cc1. The Morgan fingerprint density at radius 1 is 1.03 bits per heavy atom. The number of unbranched alkanes of at least 4 members (excludes halogenated alkanes) is 1. The highest BCUT2D eigenvalue weighted by molar-refractivity contribution is 5.87. The monoisotopic (exact) mass is 538 g/mol. The van der Waals surface area contributed by atoms with Gasteiger partial charge in [-0.2, -0.15) is 0 Å². The molecule has 2 amide bonds. The molecule has 0 aliphatic carbocycles. The van der Waals surface area contributed by atoms with E-state index in [1.54, 1.807) is 31.4 Å². The molecule has 1 heterocycles. The quantitative estimate of drug-likeness (QED) is 0.225. The van der Waals surface area contributed by atoms with Gasteiger partial charge in [0.05, 0.1) is 7.11 Å². The molecule has 4 unspecified atom stereocenters. The van der Waals surface area contributed by atoms with Crippen molar-refractivity contribution in [2.24, 2.45) is 5.41 Å². The van der Waals surface area contributed by atoms with Gasteiger partial charge in [0.2, 0.25) is 11.8 Å². The summed E-state index contributed by atoms with van der Waals surface area (Å²) in [5.74, 6) is -0.0868. The van der Waals surface area contributed by atoms with Gasteiger partial charge in [-0.3, -0.25) is 14.4 Å². The number of nitrogens with one attached hydrogen (secondary N) is 2. The summed E-state index contributed by atoms with van der Waals surface area (Å²) >= 11 is 0. The molecule has 2 rings (SSSR count). The van der Waals surface area contributed by atoms with Crippen LogP contribution in [0.15, 0.2) is 24.3 Å². The number of hydrogen-bond acceptors (Lipinski definition) is 9. The molecule has 11 heteroatoms. The van der Waals surface area contributed by atoms with Crippen LogP contribution in [0.4, 0.5) is 0 Å². The number of rotatable bonds is 13. The Labute approximate surface area is 223 Å². The molecule has 1 aromatic rings. The second-order valence-electron chi connectivity index (χ2n) is 10.6. The fourth-order valence-electron chi connectivity index (χ4n) is 3.96. The Morgan fingerprint density at radius 3 is 2.26 bits per heavy atom. The highest BCUT2D eigenvalue weighted by atomic mass is 16.7. The third-order valence-electron chi connectivity index (χ3n) is 6.36. The second kappa shape index (κ2) is 14.5. The van der Waals surface area contributed by atoms with Crippen molar-refractivity contribution in [1.29, 1.82) is 0 Å². The predicted molar refractivity (Wildman–Crippen MR) is 138 cm³/mol. The molecule has 1 aliphatic rings. The summed E-state index contributed by atoms with van der Waals surface area (Å²) in [6.07, 6.45) is -5.05. The van der Waals surface area contributed by atoms with Crippen LogP contribution in [-0.2, 0) is 30.3 Å². The van der Waals surface area contributed by atoms with Gasteiger partial charge >= 0.3 is 0 Å². The lowest BCUT2D eigenvalue weighted by molar-refractivity contribution is -0.295. The maximum Gasteiger partial charge on any atom is 0.243 e. The van der Waals surface area contributed by atoms with Gasteiger partial charge in [-0.15, -0.1) is 0 Å². The van der Waals surface area contributed by atoms with E-state index in [9.17, 15) is 29.7 Å². The topological polar surface area (TPSA) is 164 Å². The molecule has 214 valence electrons. The van der Waals surface area contributed by atoms with Crippen molar-refractivity contribution < 1.29 is 43.9 Å². The van der Waals surface area contributed by atoms with Gasteiger partial charge in [-0.25, -0.2) is 0 Å². The molecule has 0 spiro atoms. The lowest BCUT2D eigenvalue weighted by Crippen LogP contribution is -2.61. The molecular formula is C27H42N2O9. The number of Topliss-reactive ketones (excluding diaryl/α,β-unsaturated/α-hetero) is 1. The zero-order valence-electron chi connectivity index (χ0n) is 22.8. The van der Waals surface area contributed by atoms with Crippen LogP contribution < -0.4 is 15.4 Å². The molecule has 1 fully saturated rings. The van der Waals surface area contributed by atoms with Gasteiger partial charge in [-0.1, -0.05) is 32.9 Å². The Balaban J connectivity index is 1.91. The first-order valence-electron chi connectivity index (χ1n) is 12.9. The molecule has 1 aliphatic heterocycles. The minimum absolute atomic E-state index is 0.144. The number of aliphatic hydroxyl groups is 3. The van der Waals surface area contributed by atoms with Crippen LogP contribution in [0.2, 0.25) is 0 Å². The highest BCUT2D eigenvalue weighted by Gasteiger charge is 2.44. The van der Waals surface area contributed by atoms with Gasteiger partial charge in [0.1, 0.15) is 42.0 Å². The molecule has 5 N–H and O–H groups in total. The Kier molecular flexibility index (Phi) is 12.1. The summed E-state index contributed by atoms with van der Waals surface area (Å²) in [7, 11) is 1.55. The zero-order valence-corrected chi connectivity index (χ0v) is 22.8. The molecule has 0 aromatic heterocycles. The van der Waals surface area contributed by atoms with Gasteiger partial charge < -0.3 is 40.2 Å². The van der Waals surface area contributed by atoms with Crippen molar-refractivity contribution in [3.8, 4) is 5.75 Å². The van der Waals surface area contributed by atoms with Crippen LogP contribution >= 0.6 is 0 Å². The van der Waals surface area contributed by atoms with Gasteiger partial charge in [0.25, 0.3) is 0 Å². The van der Waals surface area contributed by atoms with E-state index in [1.807, 2.05) is 20.8 Å². The lowest BCUT2D eigenvalue weighted by Gasteiger charge is -2.40. The van der Waals surface area contributed by atoms with E-state index in [2.05, 4.69) is 10.6 Å².